The van der Waals surface area contributed by atoms with Crippen molar-refractivity contribution in [1.29, 1.82) is 0 Å². The number of nitrogens with one attached hydrogen (secondary N) is 1. The van der Waals surface area contributed by atoms with Crippen molar-refractivity contribution >= 4 is 0 Å². The Hall–Kier alpha value is -0.120. The van der Waals surface area contributed by atoms with Gasteiger partial charge in [-0.2, -0.15) is 0 Å². The molecule has 0 heterocycles. The van der Waals surface area contributed by atoms with Crippen molar-refractivity contribution in [3.8, 4) is 0 Å². The van der Waals surface area contributed by atoms with Crippen molar-refractivity contribution in [1.82, 2.24) is 5.32 Å². The van der Waals surface area contributed by atoms with E-state index in [0.29, 0.717) is 24.5 Å². The van der Waals surface area contributed by atoms with Gasteiger partial charge in [-0.05, 0) is 30.7 Å². The van der Waals surface area contributed by atoms with E-state index in [1.54, 1.807) is 7.11 Å². The first-order chi connectivity index (χ1) is 8.06. The molecule has 0 aliphatic rings. The molecule has 0 aromatic carbocycles. The normalized spacial score (nSPS) is 15.2. The molecule has 0 fully saturated rings. The lowest BCUT2D eigenvalue weighted by Crippen LogP contribution is -2.36. The molecule has 0 saturated carbocycles. The van der Waals surface area contributed by atoms with Crippen molar-refractivity contribution < 1.29 is 9.47 Å². The van der Waals surface area contributed by atoms with Crippen molar-refractivity contribution in [3.05, 3.63) is 0 Å². The summed E-state index contributed by atoms with van der Waals surface area (Å²) in [5, 5.41) is 3.47. The Morgan fingerprint density at radius 3 is 2.41 bits per heavy atom. The molecule has 0 aromatic rings. The van der Waals surface area contributed by atoms with Gasteiger partial charge in [0, 0.05) is 20.3 Å². The lowest BCUT2D eigenvalue weighted by Gasteiger charge is -2.34. The SMILES string of the molecule is CCNCC(C)(CCCOCCOC)C(C)C. The monoisotopic (exact) mass is 245 g/mol. The van der Waals surface area contributed by atoms with Crippen LogP contribution in [0.4, 0.5) is 0 Å². The average Bonchev–Trinajstić information content (AvgIpc) is 2.31. The summed E-state index contributed by atoms with van der Waals surface area (Å²) in [4.78, 5) is 0. The van der Waals surface area contributed by atoms with Crippen molar-refractivity contribution in [2.75, 3.05) is 40.0 Å². The number of hydrogen-bond acceptors (Lipinski definition) is 3. The summed E-state index contributed by atoms with van der Waals surface area (Å²) in [5.41, 5.74) is 0.376. The largest absolute Gasteiger partial charge is 0.382 e. The zero-order valence-electron chi connectivity index (χ0n) is 12.3. The van der Waals surface area contributed by atoms with Crippen LogP contribution in [0.5, 0.6) is 0 Å². The molecule has 0 bridgehead atoms. The van der Waals surface area contributed by atoms with Crippen LogP contribution in [0.1, 0.15) is 40.5 Å². The maximum absolute atomic E-state index is 5.51. The Balaban J connectivity index is 3.76. The number of rotatable bonds is 11. The highest BCUT2D eigenvalue weighted by Crippen LogP contribution is 2.31. The van der Waals surface area contributed by atoms with Crippen LogP contribution >= 0.6 is 0 Å². The van der Waals surface area contributed by atoms with Crippen molar-refractivity contribution in [2.45, 2.75) is 40.5 Å². The van der Waals surface area contributed by atoms with Gasteiger partial charge in [0.05, 0.1) is 13.2 Å². The molecule has 17 heavy (non-hydrogen) atoms. The van der Waals surface area contributed by atoms with E-state index in [1.165, 1.54) is 6.42 Å². The maximum Gasteiger partial charge on any atom is 0.0700 e. The van der Waals surface area contributed by atoms with Gasteiger partial charge >= 0.3 is 0 Å². The second-order valence-electron chi connectivity index (χ2n) is 5.30. The second-order valence-corrected chi connectivity index (χ2v) is 5.30. The van der Waals surface area contributed by atoms with Crippen molar-refractivity contribution in [2.24, 2.45) is 11.3 Å². The van der Waals surface area contributed by atoms with Gasteiger partial charge in [0.2, 0.25) is 0 Å². The van der Waals surface area contributed by atoms with Gasteiger partial charge in [-0.3, -0.25) is 0 Å². The van der Waals surface area contributed by atoms with E-state index in [1.807, 2.05) is 0 Å². The minimum Gasteiger partial charge on any atom is -0.382 e. The third-order valence-corrected chi connectivity index (χ3v) is 3.64. The number of hydrogen-bond donors (Lipinski definition) is 1. The molecule has 0 aliphatic carbocycles. The highest BCUT2D eigenvalue weighted by Gasteiger charge is 2.26. The van der Waals surface area contributed by atoms with Crippen LogP contribution in [0.3, 0.4) is 0 Å². The van der Waals surface area contributed by atoms with Gasteiger partial charge in [-0.15, -0.1) is 0 Å². The predicted octanol–water partition coefficient (Wildman–Crippen LogP) is 2.70. The van der Waals surface area contributed by atoms with Gasteiger partial charge in [0.15, 0.2) is 0 Å². The molecule has 1 N–H and O–H groups in total. The van der Waals surface area contributed by atoms with Crippen LogP contribution in [0.15, 0.2) is 0 Å². The van der Waals surface area contributed by atoms with Crippen LogP contribution in [-0.2, 0) is 9.47 Å². The fraction of sp³-hybridized carbons (Fsp3) is 1.00. The topological polar surface area (TPSA) is 30.5 Å². The number of ether oxygens (including phenoxy) is 2. The number of methoxy groups -OCH3 is 1. The zero-order valence-corrected chi connectivity index (χ0v) is 12.3. The molecule has 104 valence electrons. The average molecular weight is 245 g/mol. The third-order valence-electron chi connectivity index (χ3n) is 3.64. The Labute approximate surface area is 107 Å². The second kappa shape index (κ2) is 9.86. The predicted molar refractivity (Wildman–Crippen MR) is 73.4 cm³/mol. The van der Waals surface area contributed by atoms with Gasteiger partial charge < -0.3 is 14.8 Å². The first-order valence-corrected chi connectivity index (χ1v) is 6.84. The zero-order chi connectivity index (χ0) is 13.1. The lowest BCUT2D eigenvalue weighted by molar-refractivity contribution is 0.0608. The molecule has 0 spiro atoms. The molecule has 3 heteroatoms. The van der Waals surface area contributed by atoms with Crippen LogP contribution in [0.25, 0.3) is 0 Å². The van der Waals surface area contributed by atoms with Gasteiger partial charge in [0.25, 0.3) is 0 Å². The molecule has 0 amide bonds. The molecular formula is C14H31NO2. The highest BCUT2D eigenvalue weighted by molar-refractivity contribution is 4.79. The molecule has 1 atom stereocenters. The van der Waals surface area contributed by atoms with E-state index in [2.05, 4.69) is 33.0 Å². The smallest absolute Gasteiger partial charge is 0.0700 e. The van der Waals surface area contributed by atoms with E-state index in [-0.39, 0.29) is 0 Å². The molecule has 1 unspecified atom stereocenters. The molecule has 0 aromatic heterocycles. The maximum atomic E-state index is 5.51. The summed E-state index contributed by atoms with van der Waals surface area (Å²) in [6.45, 7) is 13.5. The van der Waals surface area contributed by atoms with E-state index >= 15 is 0 Å². The Kier molecular flexibility index (Phi) is 9.79. The molecular weight excluding hydrogens is 214 g/mol. The van der Waals surface area contributed by atoms with Gasteiger partial charge in [-0.25, -0.2) is 0 Å². The van der Waals surface area contributed by atoms with Crippen LogP contribution in [0.2, 0.25) is 0 Å². The van der Waals surface area contributed by atoms with Gasteiger partial charge in [0.1, 0.15) is 0 Å². The summed E-state index contributed by atoms with van der Waals surface area (Å²) in [6.07, 6.45) is 2.34. The molecule has 0 aliphatic heterocycles. The first kappa shape index (κ1) is 16.9. The fourth-order valence-corrected chi connectivity index (χ4v) is 1.81. The third kappa shape index (κ3) is 7.74. The van der Waals surface area contributed by atoms with E-state index in [9.17, 15) is 0 Å². The van der Waals surface area contributed by atoms with E-state index < -0.39 is 0 Å². The molecule has 0 saturated heterocycles. The Morgan fingerprint density at radius 2 is 1.88 bits per heavy atom. The summed E-state index contributed by atoms with van der Waals surface area (Å²) in [7, 11) is 1.70. The van der Waals surface area contributed by atoms with E-state index in [4.69, 9.17) is 9.47 Å². The first-order valence-electron chi connectivity index (χ1n) is 6.84. The summed E-state index contributed by atoms with van der Waals surface area (Å²) in [6, 6.07) is 0. The standard InChI is InChI=1S/C14H31NO2/c1-6-15-12-14(4,13(2)3)8-7-9-17-11-10-16-5/h13,15H,6-12H2,1-5H3. The molecule has 0 radical (unpaired) electrons. The fourth-order valence-electron chi connectivity index (χ4n) is 1.81. The summed E-state index contributed by atoms with van der Waals surface area (Å²) >= 11 is 0. The summed E-state index contributed by atoms with van der Waals surface area (Å²) < 4.78 is 10.5. The van der Waals surface area contributed by atoms with E-state index in [0.717, 1.165) is 26.1 Å². The minimum atomic E-state index is 0.376. The van der Waals surface area contributed by atoms with Crippen LogP contribution < -0.4 is 5.32 Å². The van der Waals surface area contributed by atoms with Crippen LogP contribution in [0, 0.1) is 11.3 Å². The van der Waals surface area contributed by atoms with Gasteiger partial charge in [-0.1, -0.05) is 27.7 Å². The lowest BCUT2D eigenvalue weighted by atomic mass is 9.75. The highest BCUT2D eigenvalue weighted by atomic mass is 16.5. The Morgan fingerprint density at radius 1 is 1.18 bits per heavy atom. The molecule has 3 nitrogen and oxygen atoms in total. The summed E-state index contributed by atoms with van der Waals surface area (Å²) in [5.74, 6) is 0.695. The van der Waals surface area contributed by atoms with Crippen molar-refractivity contribution in [3.63, 3.8) is 0 Å². The Bertz CT molecular complexity index is 174. The minimum absolute atomic E-state index is 0.376. The quantitative estimate of drug-likeness (QED) is 0.568. The van der Waals surface area contributed by atoms with Crippen LogP contribution in [-0.4, -0.2) is 40.0 Å². The molecule has 0 rings (SSSR count).